The second-order valence-corrected chi connectivity index (χ2v) is 4.56. The largest absolute Gasteiger partial charge is 0.524 e. The summed E-state index contributed by atoms with van der Waals surface area (Å²) in [5.74, 6) is -0.118. The maximum atomic E-state index is 11.0. The van der Waals surface area contributed by atoms with Crippen LogP contribution >= 0.6 is 7.82 Å². The molecule has 0 atom stereocenters. The molecule has 17 heavy (non-hydrogen) atoms. The zero-order chi connectivity index (χ0) is 12.5. The van der Waals surface area contributed by atoms with E-state index in [0.29, 0.717) is 11.7 Å². The van der Waals surface area contributed by atoms with E-state index in [1.54, 1.807) is 30.3 Å². The lowest BCUT2D eigenvalue weighted by Gasteiger charge is -2.10. The van der Waals surface area contributed by atoms with Crippen molar-refractivity contribution in [3.05, 3.63) is 42.0 Å². The Morgan fingerprint density at radius 2 is 1.82 bits per heavy atom. The summed E-state index contributed by atoms with van der Waals surface area (Å²) >= 11 is 0. The van der Waals surface area contributed by atoms with E-state index in [0.717, 1.165) is 5.39 Å². The van der Waals surface area contributed by atoms with Crippen LogP contribution in [0.25, 0.3) is 10.8 Å². The van der Waals surface area contributed by atoms with Gasteiger partial charge in [-0.05, 0) is 16.8 Å². The minimum atomic E-state index is -4.66. The Morgan fingerprint density at radius 1 is 1.12 bits per heavy atom. The first-order valence-corrected chi connectivity index (χ1v) is 6.26. The van der Waals surface area contributed by atoms with Crippen molar-refractivity contribution in [3.8, 4) is 5.75 Å². The van der Waals surface area contributed by atoms with Gasteiger partial charge in [-0.25, -0.2) is 4.57 Å². The summed E-state index contributed by atoms with van der Waals surface area (Å²) in [4.78, 5) is 28.5. The van der Waals surface area contributed by atoms with E-state index >= 15 is 0 Å². The number of rotatable bonds is 3. The van der Waals surface area contributed by atoms with Crippen LogP contribution in [0.4, 0.5) is 0 Å². The molecule has 0 aliphatic rings. The van der Waals surface area contributed by atoms with Gasteiger partial charge in [-0.1, -0.05) is 30.3 Å². The number of phosphoric acid groups is 1. The van der Waals surface area contributed by atoms with Crippen LogP contribution in [0.3, 0.4) is 0 Å². The number of hydrogen-bond acceptors (Lipinski definition) is 3. The smallest absolute Gasteiger partial charge is 0.403 e. The van der Waals surface area contributed by atoms with Gasteiger partial charge < -0.3 is 4.52 Å². The van der Waals surface area contributed by atoms with Crippen molar-refractivity contribution in [2.45, 2.75) is 0 Å². The summed E-state index contributed by atoms with van der Waals surface area (Å²) in [7, 11) is -4.66. The molecule has 2 aromatic rings. The molecule has 0 unspecified atom stereocenters. The van der Waals surface area contributed by atoms with Crippen LogP contribution in [0, 0.1) is 0 Å². The standard InChI is InChI=1S/C11H9O5P/c12-7-10-9-4-2-1-3-8(9)5-6-11(10)16-17(13,14)15/h1-7H,(H2,13,14,15). The number of benzene rings is 2. The van der Waals surface area contributed by atoms with E-state index < -0.39 is 7.82 Å². The fraction of sp³-hybridized carbons (Fsp3) is 0. The zero-order valence-electron chi connectivity index (χ0n) is 8.61. The van der Waals surface area contributed by atoms with Gasteiger partial charge in [0, 0.05) is 0 Å². The van der Waals surface area contributed by atoms with Crippen LogP contribution < -0.4 is 4.52 Å². The fourth-order valence-corrected chi connectivity index (χ4v) is 2.02. The third-order valence-corrected chi connectivity index (χ3v) is 2.70. The van der Waals surface area contributed by atoms with Crippen molar-refractivity contribution in [2.24, 2.45) is 0 Å². The molecule has 0 bridgehead atoms. The lowest BCUT2D eigenvalue weighted by molar-refractivity contribution is 0.112. The molecule has 2 N–H and O–H groups in total. The molecule has 0 radical (unpaired) electrons. The quantitative estimate of drug-likeness (QED) is 0.645. The Morgan fingerprint density at radius 3 is 2.47 bits per heavy atom. The van der Waals surface area contributed by atoms with Gasteiger partial charge in [0.2, 0.25) is 0 Å². The summed E-state index contributed by atoms with van der Waals surface area (Å²) in [6.07, 6.45) is 0.521. The van der Waals surface area contributed by atoms with E-state index in [-0.39, 0.29) is 11.3 Å². The van der Waals surface area contributed by atoms with Gasteiger partial charge in [-0.15, -0.1) is 0 Å². The van der Waals surface area contributed by atoms with Crippen molar-refractivity contribution in [1.82, 2.24) is 0 Å². The van der Waals surface area contributed by atoms with Crippen molar-refractivity contribution >= 4 is 24.9 Å². The summed E-state index contributed by atoms with van der Waals surface area (Å²) in [6.45, 7) is 0. The minimum absolute atomic E-state index is 0.118. The first kappa shape index (κ1) is 11.8. The Labute approximate surface area is 96.9 Å². The molecule has 5 nitrogen and oxygen atoms in total. The van der Waals surface area contributed by atoms with E-state index in [2.05, 4.69) is 4.52 Å². The Hall–Kier alpha value is -1.68. The highest BCUT2D eigenvalue weighted by atomic mass is 31.2. The molecule has 0 saturated carbocycles. The van der Waals surface area contributed by atoms with Gasteiger partial charge in [0.05, 0.1) is 5.56 Å². The third kappa shape index (κ3) is 2.53. The topological polar surface area (TPSA) is 83.8 Å². The number of fused-ring (bicyclic) bond motifs is 1. The van der Waals surface area contributed by atoms with Crippen molar-refractivity contribution in [2.75, 3.05) is 0 Å². The number of aldehydes is 1. The van der Waals surface area contributed by atoms with Crippen molar-refractivity contribution in [1.29, 1.82) is 0 Å². The summed E-state index contributed by atoms with van der Waals surface area (Å²) in [6, 6.07) is 10.0. The van der Waals surface area contributed by atoms with Crippen LogP contribution in [0.15, 0.2) is 36.4 Å². The maximum Gasteiger partial charge on any atom is 0.524 e. The normalized spacial score (nSPS) is 11.4. The Bertz CT molecular complexity index is 616. The minimum Gasteiger partial charge on any atom is -0.403 e. The molecule has 0 aliphatic carbocycles. The molecule has 0 aromatic heterocycles. The second kappa shape index (κ2) is 4.30. The highest BCUT2D eigenvalue weighted by Crippen LogP contribution is 2.40. The Balaban J connectivity index is 2.65. The molecule has 0 aliphatic heterocycles. The van der Waals surface area contributed by atoms with Gasteiger partial charge in [0.15, 0.2) is 6.29 Å². The molecule has 0 saturated heterocycles. The van der Waals surface area contributed by atoms with Crippen LogP contribution in [0.1, 0.15) is 10.4 Å². The predicted molar refractivity (Wildman–Crippen MR) is 62.0 cm³/mol. The Kier molecular flexibility index (Phi) is 2.98. The molecular formula is C11H9O5P. The fourth-order valence-electron chi connectivity index (χ4n) is 1.60. The monoisotopic (exact) mass is 252 g/mol. The lowest BCUT2D eigenvalue weighted by Crippen LogP contribution is -1.95. The second-order valence-electron chi connectivity index (χ2n) is 3.40. The molecule has 2 aromatic carbocycles. The number of hydrogen-bond donors (Lipinski definition) is 2. The average molecular weight is 252 g/mol. The van der Waals surface area contributed by atoms with Gasteiger partial charge in [-0.3, -0.25) is 14.6 Å². The zero-order valence-corrected chi connectivity index (χ0v) is 9.50. The SMILES string of the molecule is O=Cc1c(OP(=O)(O)O)ccc2ccccc12. The first-order valence-electron chi connectivity index (χ1n) is 4.73. The summed E-state index contributed by atoms with van der Waals surface area (Å²) in [5.41, 5.74) is 0.131. The molecule has 0 spiro atoms. The van der Waals surface area contributed by atoms with E-state index in [1.807, 2.05) is 0 Å². The number of phosphoric ester groups is 1. The molecule has 2 rings (SSSR count). The van der Waals surface area contributed by atoms with Gasteiger partial charge in [-0.2, -0.15) is 0 Å². The number of carbonyl (C=O) groups excluding carboxylic acids is 1. The van der Waals surface area contributed by atoms with Crippen LogP contribution in [0.5, 0.6) is 5.75 Å². The van der Waals surface area contributed by atoms with Crippen LogP contribution in [-0.4, -0.2) is 16.1 Å². The molecule has 0 fully saturated rings. The maximum absolute atomic E-state index is 11.0. The molecule has 0 heterocycles. The van der Waals surface area contributed by atoms with Gasteiger partial charge in [0.1, 0.15) is 5.75 Å². The van der Waals surface area contributed by atoms with Crippen molar-refractivity contribution in [3.63, 3.8) is 0 Å². The molecule has 6 heteroatoms. The summed E-state index contributed by atoms with van der Waals surface area (Å²) in [5, 5.41) is 1.39. The average Bonchev–Trinajstić information content (AvgIpc) is 2.27. The van der Waals surface area contributed by atoms with Gasteiger partial charge >= 0.3 is 7.82 Å². The van der Waals surface area contributed by atoms with E-state index in [1.165, 1.54) is 6.07 Å². The molecule has 0 amide bonds. The highest BCUT2D eigenvalue weighted by Gasteiger charge is 2.19. The van der Waals surface area contributed by atoms with Crippen LogP contribution in [-0.2, 0) is 4.57 Å². The molecule has 88 valence electrons. The lowest BCUT2D eigenvalue weighted by atomic mass is 10.0. The van der Waals surface area contributed by atoms with Crippen LogP contribution in [0.2, 0.25) is 0 Å². The first-order chi connectivity index (χ1) is 8.01. The highest BCUT2D eigenvalue weighted by molar-refractivity contribution is 7.46. The molecular weight excluding hydrogens is 243 g/mol. The van der Waals surface area contributed by atoms with Gasteiger partial charge in [0.25, 0.3) is 0 Å². The predicted octanol–water partition coefficient (Wildman–Crippen LogP) is 2.12. The summed E-state index contributed by atoms with van der Waals surface area (Å²) < 4.78 is 15.2. The van der Waals surface area contributed by atoms with E-state index in [9.17, 15) is 9.36 Å². The van der Waals surface area contributed by atoms with Crippen molar-refractivity contribution < 1.29 is 23.7 Å². The third-order valence-electron chi connectivity index (χ3n) is 2.27. The van der Waals surface area contributed by atoms with E-state index in [4.69, 9.17) is 9.79 Å². The number of carbonyl (C=O) groups is 1.